The van der Waals surface area contributed by atoms with Crippen LogP contribution in [0.1, 0.15) is 28.2 Å². The van der Waals surface area contributed by atoms with Crippen molar-refractivity contribution in [3.8, 4) is 23.3 Å². The maximum Gasteiger partial charge on any atom is 0.349 e. The zero-order valence-corrected chi connectivity index (χ0v) is 20.0. The summed E-state index contributed by atoms with van der Waals surface area (Å²) >= 11 is 6.16. The summed E-state index contributed by atoms with van der Waals surface area (Å²) in [5.41, 5.74) is 8.69. The van der Waals surface area contributed by atoms with Crippen LogP contribution in [-0.2, 0) is 4.79 Å². The number of allylic oxidation sites excluding steroid dienone is 1. The van der Waals surface area contributed by atoms with Crippen molar-refractivity contribution in [2.45, 2.75) is 19.8 Å². The van der Waals surface area contributed by atoms with Gasteiger partial charge in [-0.1, -0.05) is 29.8 Å². The first-order valence-electron chi connectivity index (χ1n) is 10.7. The molecule has 0 fully saturated rings. The monoisotopic (exact) mass is 505 g/mol. The zero-order valence-electron chi connectivity index (χ0n) is 19.3. The number of nitro groups is 1. The van der Waals surface area contributed by atoms with Gasteiger partial charge in [0.1, 0.15) is 28.9 Å². The van der Waals surface area contributed by atoms with Crippen molar-refractivity contribution in [2.75, 3.05) is 6.61 Å². The summed E-state index contributed by atoms with van der Waals surface area (Å²) in [5.74, 6) is -0.547. The molecule has 0 aliphatic carbocycles. The van der Waals surface area contributed by atoms with Crippen LogP contribution in [-0.4, -0.2) is 17.5 Å². The second-order valence-electron chi connectivity index (χ2n) is 8.11. The molecule has 10 heteroatoms. The highest BCUT2D eigenvalue weighted by molar-refractivity contribution is 6.32. The van der Waals surface area contributed by atoms with Gasteiger partial charge in [0.2, 0.25) is 5.88 Å². The molecule has 0 radical (unpaired) electrons. The maximum atomic E-state index is 12.4. The van der Waals surface area contributed by atoms with E-state index in [4.69, 9.17) is 31.5 Å². The first-order valence-corrected chi connectivity index (χ1v) is 11.1. The molecule has 1 unspecified atom stereocenters. The van der Waals surface area contributed by atoms with Crippen molar-refractivity contribution < 1.29 is 23.9 Å². The van der Waals surface area contributed by atoms with Gasteiger partial charge in [0.25, 0.3) is 5.69 Å². The van der Waals surface area contributed by atoms with Crippen LogP contribution in [0.2, 0.25) is 5.02 Å². The van der Waals surface area contributed by atoms with Gasteiger partial charge in [0, 0.05) is 28.8 Å². The predicted octanol–water partition coefficient (Wildman–Crippen LogP) is 5.07. The smallest absolute Gasteiger partial charge is 0.349 e. The number of hydrogen-bond acceptors (Lipinski definition) is 8. The number of carbonyl (C=O) groups is 1. The van der Waals surface area contributed by atoms with Gasteiger partial charge in [-0.15, -0.1) is 0 Å². The lowest BCUT2D eigenvalue weighted by Gasteiger charge is -2.26. The largest absolute Gasteiger partial charge is 0.482 e. The number of nitrogens with two attached hydrogens (primary N) is 1. The van der Waals surface area contributed by atoms with Crippen LogP contribution in [0.15, 0.2) is 66.1 Å². The highest BCUT2D eigenvalue weighted by Crippen LogP contribution is 2.44. The van der Waals surface area contributed by atoms with E-state index in [0.29, 0.717) is 21.9 Å². The second kappa shape index (κ2) is 9.98. The fourth-order valence-electron chi connectivity index (χ4n) is 3.95. The summed E-state index contributed by atoms with van der Waals surface area (Å²) in [4.78, 5) is 23.1. The molecule has 2 N–H and O–H groups in total. The Morgan fingerprint density at radius 2 is 1.89 bits per heavy atom. The second-order valence-corrected chi connectivity index (χ2v) is 8.49. The number of rotatable bonds is 6. The fraction of sp³-hybridized carbons (Fsp3) is 0.154. The van der Waals surface area contributed by atoms with Gasteiger partial charge in [-0.25, -0.2) is 4.79 Å². The summed E-state index contributed by atoms with van der Waals surface area (Å²) in [5, 5.41) is 21.6. The first-order chi connectivity index (χ1) is 17.2. The van der Waals surface area contributed by atoms with Crippen molar-refractivity contribution in [3.63, 3.8) is 0 Å². The van der Waals surface area contributed by atoms with Gasteiger partial charge < -0.3 is 19.9 Å². The van der Waals surface area contributed by atoms with Crippen molar-refractivity contribution in [1.82, 2.24) is 0 Å². The molecule has 9 nitrogen and oxygen atoms in total. The van der Waals surface area contributed by atoms with Crippen molar-refractivity contribution in [3.05, 3.63) is 103 Å². The molecule has 1 aliphatic heterocycles. The highest BCUT2D eigenvalue weighted by Gasteiger charge is 2.32. The number of aryl methyl sites for hydroxylation is 2. The number of nitriles is 1. The molecule has 0 spiro atoms. The van der Waals surface area contributed by atoms with Crippen LogP contribution in [0.4, 0.5) is 5.69 Å². The van der Waals surface area contributed by atoms with E-state index in [1.165, 1.54) is 30.3 Å². The SMILES string of the molecule is Cc1cc(OCC(=O)Oc2ccc3c(c2)OC(N)=C(C#N)C3c2cccc([N+](=O)[O-])c2)cc(C)c1Cl. The molecule has 4 rings (SSSR count). The number of ether oxygens (including phenoxy) is 3. The lowest BCUT2D eigenvalue weighted by molar-refractivity contribution is -0.384. The molecular weight excluding hydrogens is 486 g/mol. The lowest BCUT2D eigenvalue weighted by Crippen LogP contribution is -2.21. The Morgan fingerprint density at radius 3 is 2.56 bits per heavy atom. The van der Waals surface area contributed by atoms with Gasteiger partial charge >= 0.3 is 5.97 Å². The van der Waals surface area contributed by atoms with Gasteiger partial charge in [-0.2, -0.15) is 5.26 Å². The summed E-state index contributed by atoms with van der Waals surface area (Å²) < 4.78 is 16.5. The number of halogens is 1. The number of hydrogen-bond donors (Lipinski definition) is 1. The van der Waals surface area contributed by atoms with Crippen molar-refractivity contribution in [2.24, 2.45) is 5.73 Å². The quantitative estimate of drug-likeness (QED) is 0.212. The van der Waals surface area contributed by atoms with E-state index in [1.807, 2.05) is 19.9 Å². The third-order valence-corrected chi connectivity index (χ3v) is 6.20. The summed E-state index contributed by atoms with van der Waals surface area (Å²) in [6.07, 6.45) is 0. The van der Waals surface area contributed by atoms with Crippen molar-refractivity contribution >= 4 is 23.3 Å². The van der Waals surface area contributed by atoms with Crippen LogP contribution in [0, 0.1) is 35.3 Å². The van der Waals surface area contributed by atoms with E-state index in [0.717, 1.165) is 11.1 Å². The number of nitro benzene ring substituents is 1. The predicted molar refractivity (Wildman–Crippen MR) is 131 cm³/mol. The van der Waals surface area contributed by atoms with Crippen LogP contribution in [0.3, 0.4) is 0 Å². The van der Waals surface area contributed by atoms with Crippen molar-refractivity contribution in [1.29, 1.82) is 5.26 Å². The van der Waals surface area contributed by atoms with E-state index < -0.39 is 16.8 Å². The van der Waals surface area contributed by atoms with Gasteiger partial charge in [-0.3, -0.25) is 10.1 Å². The van der Waals surface area contributed by atoms with E-state index in [2.05, 4.69) is 0 Å². The van der Waals surface area contributed by atoms with Crippen LogP contribution in [0.5, 0.6) is 17.2 Å². The summed E-state index contributed by atoms with van der Waals surface area (Å²) in [6.45, 7) is 3.34. The zero-order chi connectivity index (χ0) is 26.0. The minimum atomic E-state index is -0.692. The number of benzene rings is 3. The molecule has 0 saturated heterocycles. The Bertz CT molecular complexity index is 1440. The molecule has 3 aromatic rings. The normalized spacial score (nSPS) is 14.3. The Labute approximate surface area is 211 Å². The molecule has 0 amide bonds. The average molecular weight is 506 g/mol. The molecule has 3 aromatic carbocycles. The summed E-state index contributed by atoms with van der Waals surface area (Å²) in [6, 6.07) is 16.1. The van der Waals surface area contributed by atoms with Crippen LogP contribution >= 0.6 is 11.6 Å². The van der Waals surface area contributed by atoms with E-state index in [9.17, 15) is 20.2 Å². The Kier molecular flexibility index (Phi) is 6.81. The van der Waals surface area contributed by atoms with E-state index in [-0.39, 0.29) is 35.2 Å². The number of esters is 1. The fourth-order valence-corrected chi connectivity index (χ4v) is 4.06. The number of nitrogens with zero attached hydrogens (tertiary/aromatic N) is 2. The summed E-state index contributed by atoms with van der Waals surface area (Å²) in [7, 11) is 0. The van der Waals surface area contributed by atoms with E-state index >= 15 is 0 Å². The molecular formula is C26H20ClN3O6. The minimum Gasteiger partial charge on any atom is -0.482 e. The molecule has 0 bridgehead atoms. The Morgan fingerprint density at radius 1 is 1.17 bits per heavy atom. The third-order valence-electron chi connectivity index (χ3n) is 5.60. The minimum absolute atomic E-state index is 0.118. The third kappa shape index (κ3) is 4.94. The Balaban J connectivity index is 1.56. The number of non-ortho nitro benzene ring substituents is 1. The topological polar surface area (TPSA) is 138 Å². The Hall–Kier alpha value is -4.55. The molecule has 182 valence electrons. The average Bonchev–Trinajstić information content (AvgIpc) is 2.85. The van der Waals surface area contributed by atoms with Crippen LogP contribution in [0.25, 0.3) is 0 Å². The number of fused-ring (bicyclic) bond motifs is 1. The lowest BCUT2D eigenvalue weighted by atomic mass is 9.83. The molecule has 1 atom stereocenters. The first kappa shape index (κ1) is 24.6. The highest BCUT2D eigenvalue weighted by atomic mass is 35.5. The van der Waals surface area contributed by atoms with E-state index in [1.54, 1.807) is 24.3 Å². The molecule has 1 heterocycles. The maximum absolute atomic E-state index is 12.4. The molecule has 36 heavy (non-hydrogen) atoms. The van der Waals surface area contributed by atoms with Gasteiger partial charge in [-0.05, 0) is 48.7 Å². The molecule has 1 aliphatic rings. The van der Waals surface area contributed by atoms with Crippen LogP contribution < -0.4 is 19.9 Å². The number of carbonyl (C=O) groups excluding carboxylic acids is 1. The standard InChI is InChI=1S/C26H20ClN3O6/c1-14-8-19(9-15(2)25(14)27)34-13-23(31)35-18-6-7-20-22(11-18)36-26(29)21(12-28)24(20)16-4-3-5-17(10-16)30(32)33/h3-11,24H,13,29H2,1-2H3. The van der Waals surface area contributed by atoms with Gasteiger partial charge in [0.15, 0.2) is 6.61 Å². The molecule has 0 saturated carbocycles. The van der Waals surface area contributed by atoms with Gasteiger partial charge in [0.05, 0.1) is 10.8 Å². The molecule has 0 aromatic heterocycles.